The topological polar surface area (TPSA) is 70.1 Å². The summed E-state index contributed by atoms with van der Waals surface area (Å²) in [5.74, 6) is -0.149. The van der Waals surface area contributed by atoms with Gasteiger partial charge in [0, 0.05) is 18.7 Å². The summed E-state index contributed by atoms with van der Waals surface area (Å²) in [5.41, 5.74) is 8.09. The average Bonchev–Trinajstić information content (AvgIpc) is 2.55. The third kappa shape index (κ3) is 3.91. The van der Waals surface area contributed by atoms with Crippen LogP contribution < -0.4 is 5.73 Å². The van der Waals surface area contributed by atoms with Crippen LogP contribution in [0, 0.1) is 11.3 Å². The minimum Gasteiger partial charge on any atom is -0.326 e. The van der Waals surface area contributed by atoms with Crippen molar-refractivity contribution in [3.8, 4) is 6.07 Å². The molecule has 21 heavy (non-hydrogen) atoms. The van der Waals surface area contributed by atoms with E-state index in [1.807, 2.05) is 48.5 Å². The smallest absolute Gasteiger partial charge is 0.255 e. The second-order valence-corrected chi connectivity index (χ2v) is 4.71. The molecule has 0 aliphatic heterocycles. The van der Waals surface area contributed by atoms with E-state index in [0.29, 0.717) is 18.7 Å². The third-order valence-electron chi connectivity index (χ3n) is 3.20. The lowest BCUT2D eigenvalue weighted by atomic mass is 10.1. The molecule has 0 spiro atoms. The molecular formula is C17H17N3O. The number of nitrogens with two attached hydrogens (primary N) is 1. The summed E-state index contributed by atoms with van der Waals surface area (Å²) in [5, 5.41) is 8.93. The van der Waals surface area contributed by atoms with Crippen molar-refractivity contribution in [3.05, 3.63) is 71.3 Å². The highest BCUT2D eigenvalue weighted by molar-refractivity contribution is 5.94. The van der Waals surface area contributed by atoms with Crippen LogP contribution in [0.3, 0.4) is 0 Å². The van der Waals surface area contributed by atoms with Gasteiger partial charge < -0.3 is 10.6 Å². The molecule has 0 saturated heterocycles. The molecule has 1 amide bonds. The zero-order valence-electron chi connectivity index (χ0n) is 11.7. The van der Waals surface area contributed by atoms with Crippen LogP contribution >= 0.6 is 0 Å². The number of rotatable bonds is 5. The van der Waals surface area contributed by atoms with Crippen molar-refractivity contribution in [1.29, 1.82) is 5.26 Å². The number of carbonyl (C=O) groups is 1. The first kappa shape index (κ1) is 14.8. The largest absolute Gasteiger partial charge is 0.326 e. The first-order valence-corrected chi connectivity index (χ1v) is 6.73. The van der Waals surface area contributed by atoms with E-state index in [9.17, 15) is 4.79 Å². The van der Waals surface area contributed by atoms with Crippen molar-refractivity contribution >= 4 is 5.91 Å². The zero-order valence-corrected chi connectivity index (χ0v) is 11.7. The Balaban J connectivity index is 2.16. The molecule has 0 saturated carbocycles. The molecule has 0 fully saturated rings. The molecular weight excluding hydrogens is 262 g/mol. The Morgan fingerprint density at radius 1 is 1.05 bits per heavy atom. The van der Waals surface area contributed by atoms with Crippen molar-refractivity contribution in [2.45, 2.75) is 13.1 Å². The molecule has 0 unspecified atom stereocenters. The molecule has 0 heterocycles. The highest BCUT2D eigenvalue weighted by Gasteiger charge is 2.15. The van der Waals surface area contributed by atoms with Crippen molar-refractivity contribution < 1.29 is 4.79 Å². The molecule has 2 aromatic carbocycles. The molecule has 0 aromatic heterocycles. The number of nitriles is 1. The molecule has 2 rings (SSSR count). The first-order chi connectivity index (χ1) is 10.2. The van der Waals surface area contributed by atoms with Crippen LogP contribution in [0.2, 0.25) is 0 Å². The van der Waals surface area contributed by atoms with Crippen LogP contribution in [0.15, 0.2) is 54.6 Å². The minimum absolute atomic E-state index is 0.0619. The number of nitrogens with zero attached hydrogens (tertiary/aromatic N) is 2. The Kier molecular flexibility index (Phi) is 5.08. The lowest BCUT2D eigenvalue weighted by molar-refractivity contribution is 0.0765. The molecule has 4 nitrogen and oxygen atoms in total. The SMILES string of the molecule is N#CCN(Cc1ccccc1)C(=O)c1ccc(CN)cc1. The molecule has 2 aromatic rings. The van der Waals surface area contributed by atoms with Gasteiger partial charge in [-0.3, -0.25) is 4.79 Å². The molecule has 4 heteroatoms. The van der Waals surface area contributed by atoms with E-state index in [0.717, 1.165) is 11.1 Å². The van der Waals surface area contributed by atoms with Gasteiger partial charge in [-0.15, -0.1) is 0 Å². The molecule has 0 aliphatic rings. The third-order valence-corrected chi connectivity index (χ3v) is 3.20. The summed E-state index contributed by atoms with van der Waals surface area (Å²) in [6, 6.07) is 18.8. The molecule has 0 radical (unpaired) electrons. The van der Waals surface area contributed by atoms with Crippen LogP contribution in [0.5, 0.6) is 0 Å². The van der Waals surface area contributed by atoms with E-state index in [1.165, 1.54) is 4.90 Å². The van der Waals surface area contributed by atoms with E-state index in [2.05, 4.69) is 0 Å². The summed E-state index contributed by atoms with van der Waals surface area (Å²) < 4.78 is 0. The van der Waals surface area contributed by atoms with Gasteiger partial charge in [0.1, 0.15) is 6.54 Å². The molecule has 0 atom stereocenters. The maximum absolute atomic E-state index is 12.5. The van der Waals surface area contributed by atoms with E-state index < -0.39 is 0 Å². The Morgan fingerprint density at radius 2 is 1.71 bits per heavy atom. The van der Waals surface area contributed by atoms with Crippen molar-refractivity contribution in [2.24, 2.45) is 5.73 Å². The van der Waals surface area contributed by atoms with Crippen LogP contribution in [-0.2, 0) is 13.1 Å². The van der Waals surface area contributed by atoms with Gasteiger partial charge in [0.25, 0.3) is 5.91 Å². The minimum atomic E-state index is -0.149. The number of carbonyl (C=O) groups excluding carboxylic acids is 1. The van der Waals surface area contributed by atoms with Crippen molar-refractivity contribution in [3.63, 3.8) is 0 Å². The Morgan fingerprint density at radius 3 is 2.29 bits per heavy atom. The van der Waals surface area contributed by atoms with E-state index in [-0.39, 0.29) is 12.5 Å². The van der Waals surface area contributed by atoms with Gasteiger partial charge >= 0.3 is 0 Å². The summed E-state index contributed by atoms with van der Waals surface area (Å²) in [7, 11) is 0. The van der Waals surface area contributed by atoms with Gasteiger partial charge in [-0.05, 0) is 23.3 Å². The highest BCUT2D eigenvalue weighted by atomic mass is 16.2. The second-order valence-electron chi connectivity index (χ2n) is 4.71. The summed E-state index contributed by atoms with van der Waals surface area (Å²) in [6.45, 7) is 0.929. The second kappa shape index (κ2) is 7.22. The van der Waals surface area contributed by atoms with Gasteiger partial charge in [-0.2, -0.15) is 5.26 Å². The van der Waals surface area contributed by atoms with Crippen LogP contribution in [-0.4, -0.2) is 17.4 Å². The highest BCUT2D eigenvalue weighted by Crippen LogP contribution is 2.11. The van der Waals surface area contributed by atoms with Crippen LogP contribution in [0.25, 0.3) is 0 Å². The fourth-order valence-corrected chi connectivity index (χ4v) is 2.05. The number of benzene rings is 2. The van der Waals surface area contributed by atoms with Gasteiger partial charge in [-0.1, -0.05) is 42.5 Å². The predicted octanol–water partition coefficient (Wildman–Crippen LogP) is 2.31. The average molecular weight is 279 g/mol. The number of hydrogen-bond acceptors (Lipinski definition) is 3. The van der Waals surface area contributed by atoms with Gasteiger partial charge in [0.05, 0.1) is 6.07 Å². The normalized spacial score (nSPS) is 9.90. The van der Waals surface area contributed by atoms with Crippen molar-refractivity contribution in [2.75, 3.05) is 6.54 Å². The first-order valence-electron chi connectivity index (χ1n) is 6.73. The van der Waals surface area contributed by atoms with E-state index in [4.69, 9.17) is 11.0 Å². The molecule has 0 aliphatic carbocycles. The van der Waals surface area contributed by atoms with E-state index in [1.54, 1.807) is 12.1 Å². The standard InChI is InChI=1S/C17H17N3O/c18-10-11-20(13-15-4-2-1-3-5-15)17(21)16-8-6-14(12-19)7-9-16/h1-9H,11-13,19H2. The Hall–Kier alpha value is -2.64. The molecule has 2 N–H and O–H groups in total. The monoisotopic (exact) mass is 279 g/mol. The molecule has 106 valence electrons. The summed E-state index contributed by atoms with van der Waals surface area (Å²) in [6.07, 6.45) is 0. The Labute approximate surface area is 124 Å². The lowest BCUT2D eigenvalue weighted by Crippen LogP contribution is -2.30. The quantitative estimate of drug-likeness (QED) is 0.854. The van der Waals surface area contributed by atoms with Gasteiger partial charge in [0.15, 0.2) is 0 Å². The summed E-state index contributed by atoms with van der Waals surface area (Å²) in [4.78, 5) is 14.0. The lowest BCUT2D eigenvalue weighted by Gasteiger charge is -2.20. The van der Waals surface area contributed by atoms with Crippen molar-refractivity contribution in [1.82, 2.24) is 4.90 Å². The number of amides is 1. The fourth-order valence-electron chi connectivity index (χ4n) is 2.05. The van der Waals surface area contributed by atoms with Gasteiger partial charge in [-0.25, -0.2) is 0 Å². The molecule has 0 bridgehead atoms. The van der Waals surface area contributed by atoms with Crippen LogP contribution in [0.4, 0.5) is 0 Å². The van der Waals surface area contributed by atoms with Gasteiger partial charge in [0.2, 0.25) is 0 Å². The maximum atomic E-state index is 12.5. The van der Waals surface area contributed by atoms with E-state index >= 15 is 0 Å². The zero-order chi connectivity index (χ0) is 15.1. The summed E-state index contributed by atoms with van der Waals surface area (Å²) >= 11 is 0. The Bertz CT molecular complexity index is 629. The number of hydrogen-bond donors (Lipinski definition) is 1. The fraction of sp³-hybridized carbons (Fsp3) is 0.176. The maximum Gasteiger partial charge on any atom is 0.255 e. The predicted molar refractivity (Wildman–Crippen MR) is 81.1 cm³/mol. The van der Waals surface area contributed by atoms with Crippen LogP contribution in [0.1, 0.15) is 21.5 Å².